The molecule has 2 heterocycles. The lowest BCUT2D eigenvalue weighted by molar-refractivity contribution is -0.126. The molecular weight excluding hydrogens is 288 g/mol. The second-order valence-corrected chi connectivity index (χ2v) is 6.35. The molecule has 1 saturated heterocycles. The molecule has 122 valence electrons. The van der Waals surface area contributed by atoms with Crippen molar-refractivity contribution in [3.63, 3.8) is 0 Å². The highest BCUT2D eigenvalue weighted by atomic mass is 16.1. The third-order valence-electron chi connectivity index (χ3n) is 4.41. The standard InChI is InChI=1S/C18H24N4O/c1-14-10-17(6-7-20-14)18(23)21-11-15-2-4-16(5-3-15)12-22-9-8-19-13-22/h2-5,8-9,13-14,17,20H,6-7,10-12H2,1H3,(H,21,23)/t14-,17-/m0/s1. The Balaban J connectivity index is 1.49. The maximum Gasteiger partial charge on any atom is 0.223 e. The molecule has 0 bridgehead atoms. The van der Waals surface area contributed by atoms with Crippen molar-refractivity contribution < 1.29 is 4.79 Å². The van der Waals surface area contributed by atoms with Gasteiger partial charge in [-0.2, -0.15) is 0 Å². The largest absolute Gasteiger partial charge is 0.352 e. The van der Waals surface area contributed by atoms with Gasteiger partial charge in [-0.05, 0) is 37.4 Å². The summed E-state index contributed by atoms with van der Waals surface area (Å²) < 4.78 is 2.04. The van der Waals surface area contributed by atoms with Gasteiger partial charge in [0.1, 0.15) is 0 Å². The van der Waals surface area contributed by atoms with E-state index in [1.807, 2.05) is 17.1 Å². The molecule has 1 amide bonds. The van der Waals surface area contributed by atoms with E-state index in [4.69, 9.17) is 0 Å². The average molecular weight is 312 g/mol. The molecule has 0 unspecified atom stereocenters. The summed E-state index contributed by atoms with van der Waals surface area (Å²) in [4.78, 5) is 16.3. The average Bonchev–Trinajstić information content (AvgIpc) is 3.07. The minimum atomic E-state index is 0.145. The summed E-state index contributed by atoms with van der Waals surface area (Å²) in [6.07, 6.45) is 7.41. The second kappa shape index (κ2) is 7.42. The fraction of sp³-hybridized carbons (Fsp3) is 0.444. The Morgan fingerprint density at radius 2 is 2.13 bits per heavy atom. The van der Waals surface area contributed by atoms with E-state index < -0.39 is 0 Å². The third kappa shape index (κ3) is 4.42. The number of nitrogens with zero attached hydrogens (tertiary/aromatic N) is 2. The Morgan fingerprint density at radius 3 is 2.83 bits per heavy atom. The van der Waals surface area contributed by atoms with Crippen LogP contribution < -0.4 is 10.6 Å². The minimum absolute atomic E-state index is 0.145. The van der Waals surface area contributed by atoms with Crippen molar-refractivity contribution >= 4 is 5.91 Å². The van der Waals surface area contributed by atoms with E-state index in [1.165, 1.54) is 5.56 Å². The van der Waals surface area contributed by atoms with Crippen molar-refractivity contribution in [3.05, 3.63) is 54.1 Å². The molecule has 1 aromatic carbocycles. The lowest BCUT2D eigenvalue weighted by Gasteiger charge is -2.27. The van der Waals surface area contributed by atoms with Crippen LogP contribution in [0.15, 0.2) is 43.0 Å². The van der Waals surface area contributed by atoms with Gasteiger partial charge in [0.2, 0.25) is 5.91 Å². The molecule has 1 aliphatic rings. The highest BCUT2D eigenvalue weighted by Crippen LogP contribution is 2.16. The number of nitrogens with one attached hydrogen (secondary N) is 2. The monoisotopic (exact) mass is 312 g/mol. The Kier molecular flexibility index (Phi) is 5.08. The highest BCUT2D eigenvalue weighted by Gasteiger charge is 2.24. The molecular formula is C18H24N4O. The SMILES string of the molecule is C[C@H]1C[C@@H](C(=O)NCc2ccc(Cn3ccnc3)cc2)CCN1. The van der Waals surface area contributed by atoms with Crippen LogP contribution in [0.3, 0.4) is 0 Å². The van der Waals surface area contributed by atoms with Crippen molar-refractivity contribution in [2.45, 2.75) is 38.9 Å². The predicted molar refractivity (Wildman–Crippen MR) is 89.8 cm³/mol. The number of benzene rings is 1. The number of imidazole rings is 1. The van der Waals surface area contributed by atoms with Crippen LogP contribution in [0.25, 0.3) is 0 Å². The Bertz CT molecular complexity index is 621. The molecule has 1 fully saturated rings. The summed E-state index contributed by atoms with van der Waals surface area (Å²) in [5.41, 5.74) is 2.36. The van der Waals surface area contributed by atoms with Crippen molar-refractivity contribution in [3.8, 4) is 0 Å². The molecule has 5 nitrogen and oxygen atoms in total. The number of amides is 1. The molecule has 0 radical (unpaired) electrons. The Labute approximate surface area is 137 Å². The summed E-state index contributed by atoms with van der Waals surface area (Å²) in [7, 11) is 0. The van der Waals surface area contributed by atoms with Crippen LogP contribution in [0.2, 0.25) is 0 Å². The zero-order chi connectivity index (χ0) is 16.1. The summed E-state index contributed by atoms with van der Waals surface area (Å²) >= 11 is 0. The lowest BCUT2D eigenvalue weighted by Crippen LogP contribution is -2.42. The third-order valence-corrected chi connectivity index (χ3v) is 4.41. The van der Waals surface area contributed by atoms with Crippen molar-refractivity contribution in [1.29, 1.82) is 0 Å². The molecule has 5 heteroatoms. The number of hydrogen-bond donors (Lipinski definition) is 2. The zero-order valence-corrected chi connectivity index (χ0v) is 13.5. The van der Waals surface area contributed by atoms with Crippen LogP contribution in [0.5, 0.6) is 0 Å². The normalized spacial score (nSPS) is 21.1. The van der Waals surface area contributed by atoms with Gasteiger partial charge in [0.05, 0.1) is 6.33 Å². The molecule has 23 heavy (non-hydrogen) atoms. The smallest absolute Gasteiger partial charge is 0.223 e. The van der Waals surface area contributed by atoms with Gasteiger partial charge in [0, 0.05) is 37.4 Å². The van der Waals surface area contributed by atoms with E-state index in [0.29, 0.717) is 12.6 Å². The van der Waals surface area contributed by atoms with Gasteiger partial charge in [-0.1, -0.05) is 24.3 Å². The van der Waals surface area contributed by atoms with Gasteiger partial charge in [-0.15, -0.1) is 0 Å². The Morgan fingerprint density at radius 1 is 1.35 bits per heavy atom. The number of piperidine rings is 1. The first-order valence-electron chi connectivity index (χ1n) is 8.25. The van der Waals surface area contributed by atoms with Gasteiger partial charge in [-0.3, -0.25) is 4.79 Å². The first-order chi connectivity index (χ1) is 11.2. The maximum absolute atomic E-state index is 12.2. The lowest BCUT2D eigenvalue weighted by atomic mass is 9.92. The van der Waals surface area contributed by atoms with E-state index in [1.54, 1.807) is 6.20 Å². The van der Waals surface area contributed by atoms with Gasteiger partial charge in [-0.25, -0.2) is 4.98 Å². The summed E-state index contributed by atoms with van der Waals surface area (Å²) in [6.45, 7) is 4.49. The second-order valence-electron chi connectivity index (χ2n) is 6.35. The van der Waals surface area contributed by atoms with E-state index in [9.17, 15) is 4.79 Å². The van der Waals surface area contributed by atoms with Crippen LogP contribution in [0.1, 0.15) is 30.9 Å². The van der Waals surface area contributed by atoms with Gasteiger partial charge in [0.25, 0.3) is 0 Å². The fourth-order valence-electron chi connectivity index (χ4n) is 3.06. The van der Waals surface area contributed by atoms with E-state index in [0.717, 1.165) is 31.5 Å². The quantitative estimate of drug-likeness (QED) is 0.887. The topological polar surface area (TPSA) is 59.0 Å². The molecule has 1 aliphatic heterocycles. The van der Waals surface area contributed by atoms with Crippen molar-refractivity contribution in [2.24, 2.45) is 5.92 Å². The molecule has 2 N–H and O–H groups in total. The summed E-state index contributed by atoms with van der Waals surface area (Å²) in [5, 5.41) is 6.45. The van der Waals surface area contributed by atoms with Gasteiger partial charge in [0.15, 0.2) is 0 Å². The number of carbonyl (C=O) groups excluding carboxylic acids is 1. The van der Waals surface area contributed by atoms with Crippen LogP contribution in [-0.2, 0) is 17.9 Å². The maximum atomic E-state index is 12.2. The first kappa shape index (κ1) is 15.7. The molecule has 0 saturated carbocycles. The number of aromatic nitrogens is 2. The van der Waals surface area contributed by atoms with E-state index in [-0.39, 0.29) is 11.8 Å². The molecule has 0 spiro atoms. The molecule has 3 rings (SSSR count). The van der Waals surface area contributed by atoms with Gasteiger partial charge >= 0.3 is 0 Å². The number of hydrogen-bond acceptors (Lipinski definition) is 3. The molecule has 2 aromatic rings. The molecule has 0 aliphatic carbocycles. The van der Waals surface area contributed by atoms with Crippen LogP contribution >= 0.6 is 0 Å². The van der Waals surface area contributed by atoms with Crippen LogP contribution in [0.4, 0.5) is 0 Å². The van der Waals surface area contributed by atoms with Crippen LogP contribution in [-0.4, -0.2) is 28.0 Å². The minimum Gasteiger partial charge on any atom is -0.352 e. The number of rotatable bonds is 5. The zero-order valence-electron chi connectivity index (χ0n) is 13.5. The van der Waals surface area contributed by atoms with Crippen molar-refractivity contribution in [2.75, 3.05) is 6.54 Å². The number of carbonyl (C=O) groups is 1. The van der Waals surface area contributed by atoms with E-state index >= 15 is 0 Å². The van der Waals surface area contributed by atoms with Crippen molar-refractivity contribution in [1.82, 2.24) is 20.2 Å². The first-order valence-corrected chi connectivity index (χ1v) is 8.25. The summed E-state index contributed by atoms with van der Waals surface area (Å²) in [6, 6.07) is 8.80. The molecule has 1 aromatic heterocycles. The fourth-order valence-corrected chi connectivity index (χ4v) is 3.06. The van der Waals surface area contributed by atoms with Gasteiger partial charge < -0.3 is 15.2 Å². The Hall–Kier alpha value is -2.14. The highest BCUT2D eigenvalue weighted by molar-refractivity contribution is 5.78. The molecule has 2 atom stereocenters. The van der Waals surface area contributed by atoms with Crippen LogP contribution in [0, 0.1) is 5.92 Å². The summed E-state index contributed by atoms with van der Waals surface area (Å²) in [5.74, 6) is 0.326. The predicted octanol–water partition coefficient (Wildman–Crippen LogP) is 1.94. The van der Waals surface area contributed by atoms with E-state index in [2.05, 4.69) is 46.8 Å².